The number of methoxy groups -OCH3 is 2. The molecule has 0 unspecified atom stereocenters. The molecule has 6 heteroatoms. The summed E-state index contributed by atoms with van der Waals surface area (Å²) in [6.45, 7) is 4.02. The Labute approximate surface area is 157 Å². The molecule has 1 fully saturated rings. The smallest absolute Gasteiger partial charge is 0.264 e. The number of benzene rings is 2. The first-order chi connectivity index (χ1) is 12.5. The van der Waals surface area contributed by atoms with Crippen molar-refractivity contribution in [2.75, 3.05) is 14.2 Å². The maximum absolute atomic E-state index is 12.3. The molecule has 2 aromatic carbocycles. The summed E-state index contributed by atoms with van der Waals surface area (Å²) in [7, 11) is 3.20. The van der Waals surface area contributed by atoms with Crippen molar-refractivity contribution in [3.63, 3.8) is 0 Å². The molecule has 1 aliphatic rings. The maximum atomic E-state index is 12.3. The second-order valence-corrected chi connectivity index (χ2v) is 6.91. The highest BCUT2D eigenvalue weighted by Crippen LogP contribution is 2.32. The van der Waals surface area contributed by atoms with Crippen LogP contribution in [0.15, 0.2) is 46.3 Å². The Kier molecular flexibility index (Phi) is 5.32. The van der Waals surface area contributed by atoms with Crippen molar-refractivity contribution in [2.45, 2.75) is 13.8 Å². The van der Waals surface area contributed by atoms with Gasteiger partial charge in [0.15, 0.2) is 5.17 Å². The van der Waals surface area contributed by atoms with Crippen LogP contribution in [0.5, 0.6) is 11.5 Å². The number of carbonyl (C=O) groups is 1. The number of hydrogen-bond donors (Lipinski definition) is 1. The van der Waals surface area contributed by atoms with Gasteiger partial charge in [-0.2, -0.15) is 0 Å². The van der Waals surface area contributed by atoms with Crippen molar-refractivity contribution >= 4 is 34.6 Å². The van der Waals surface area contributed by atoms with Crippen LogP contribution in [-0.4, -0.2) is 25.3 Å². The highest BCUT2D eigenvalue weighted by Gasteiger charge is 2.24. The van der Waals surface area contributed by atoms with Crippen LogP contribution < -0.4 is 14.8 Å². The highest BCUT2D eigenvalue weighted by molar-refractivity contribution is 8.18. The van der Waals surface area contributed by atoms with Crippen molar-refractivity contribution in [3.8, 4) is 11.5 Å². The van der Waals surface area contributed by atoms with Gasteiger partial charge in [0.05, 0.1) is 24.8 Å². The SMILES string of the molecule is COc1ccc(OC)c(/C=C2\SC(=Nc3cc(C)ccc3C)NC2=O)c1. The first-order valence-electron chi connectivity index (χ1n) is 8.09. The summed E-state index contributed by atoms with van der Waals surface area (Å²) in [4.78, 5) is 17.5. The largest absolute Gasteiger partial charge is 0.497 e. The molecule has 0 aliphatic carbocycles. The molecule has 2 aromatic rings. The summed E-state index contributed by atoms with van der Waals surface area (Å²) in [5.41, 5.74) is 3.82. The molecule has 0 aromatic heterocycles. The monoisotopic (exact) mass is 368 g/mol. The van der Waals surface area contributed by atoms with E-state index in [1.807, 2.05) is 50.2 Å². The summed E-state index contributed by atoms with van der Waals surface area (Å²) in [6, 6.07) is 11.5. The van der Waals surface area contributed by atoms with Gasteiger partial charge < -0.3 is 14.8 Å². The number of rotatable bonds is 4. The lowest BCUT2D eigenvalue weighted by atomic mass is 10.1. The lowest BCUT2D eigenvalue weighted by Crippen LogP contribution is -2.19. The van der Waals surface area contributed by atoms with E-state index in [2.05, 4.69) is 10.3 Å². The second-order valence-electron chi connectivity index (χ2n) is 5.88. The molecule has 26 heavy (non-hydrogen) atoms. The lowest BCUT2D eigenvalue weighted by Gasteiger charge is -2.07. The normalized spacial score (nSPS) is 16.8. The number of thioether (sulfide) groups is 1. The Morgan fingerprint density at radius 2 is 1.88 bits per heavy atom. The van der Waals surface area contributed by atoms with Gasteiger partial charge in [-0.3, -0.25) is 4.79 Å². The zero-order valence-corrected chi connectivity index (χ0v) is 15.9. The standard InChI is InChI=1S/C20H20N2O3S/c1-12-5-6-13(2)16(9-12)21-20-22-19(23)18(26-20)11-14-10-15(24-3)7-8-17(14)25-4/h5-11H,1-4H3,(H,21,22,23)/b18-11-. The minimum atomic E-state index is -0.177. The van der Waals surface area contributed by atoms with Gasteiger partial charge in [0.2, 0.25) is 0 Å². The third-order valence-electron chi connectivity index (χ3n) is 3.96. The Morgan fingerprint density at radius 1 is 1.08 bits per heavy atom. The van der Waals surface area contributed by atoms with Crippen molar-refractivity contribution in [2.24, 2.45) is 4.99 Å². The average Bonchev–Trinajstić information content (AvgIpc) is 2.97. The third-order valence-corrected chi connectivity index (χ3v) is 4.87. The van der Waals surface area contributed by atoms with Crippen LogP contribution in [0.1, 0.15) is 16.7 Å². The van der Waals surface area contributed by atoms with Gasteiger partial charge in [0.25, 0.3) is 5.91 Å². The number of amides is 1. The minimum absolute atomic E-state index is 0.177. The molecule has 0 atom stereocenters. The van der Waals surface area contributed by atoms with Gasteiger partial charge >= 0.3 is 0 Å². The highest BCUT2D eigenvalue weighted by atomic mass is 32.2. The number of amidine groups is 1. The molecule has 0 bridgehead atoms. The molecule has 0 saturated carbocycles. The topological polar surface area (TPSA) is 59.9 Å². The fraction of sp³-hybridized carbons (Fsp3) is 0.200. The van der Waals surface area contributed by atoms with Crippen molar-refractivity contribution < 1.29 is 14.3 Å². The quantitative estimate of drug-likeness (QED) is 0.821. The van der Waals surface area contributed by atoms with Gasteiger partial charge in [-0.15, -0.1) is 0 Å². The van der Waals surface area contributed by atoms with E-state index >= 15 is 0 Å². The first kappa shape index (κ1) is 18.1. The second kappa shape index (κ2) is 7.66. The molecule has 1 saturated heterocycles. The summed E-state index contributed by atoms with van der Waals surface area (Å²) in [5.74, 6) is 1.20. The van der Waals surface area contributed by atoms with Crippen LogP contribution in [0.2, 0.25) is 0 Å². The summed E-state index contributed by atoms with van der Waals surface area (Å²) in [6.07, 6.45) is 1.78. The Bertz CT molecular complexity index is 919. The Balaban J connectivity index is 1.92. The van der Waals surface area contributed by atoms with Crippen LogP contribution in [0.4, 0.5) is 5.69 Å². The van der Waals surface area contributed by atoms with Gasteiger partial charge in [0.1, 0.15) is 11.5 Å². The number of aliphatic imine (C=N–C) groups is 1. The fourth-order valence-corrected chi connectivity index (χ4v) is 3.35. The van der Waals surface area contributed by atoms with Crippen molar-refractivity contribution in [3.05, 3.63) is 58.0 Å². The molecule has 0 radical (unpaired) electrons. The molecule has 134 valence electrons. The zero-order valence-electron chi connectivity index (χ0n) is 15.1. The zero-order chi connectivity index (χ0) is 18.7. The Morgan fingerprint density at radius 3 is 2.62 bits per heavy atom. The number of nitrogens with zero attached hydrogens (tertiary/aromatic N) is 1. The Hall–Kier alpha value is -2.73. The van der Waals surface area contributed by atoms with Crippen LogP contribution in [0, 0.1) is 13.8 Å². The van der Waals surface area contributed by atoms with E-state index < -0.39 is 0 Å². The molecule has 3 rings (SSSR count). The number of nitrogens with one attached hydrogen (secondary N) is 1. The molecule has 1 heterocycles. The van der Waals surface area contributed by atoms with E-state index in [1.165, 1.54) is 11.8 Å². The molecule has 1 N–H and O–H groups in total. The van der Waals surface area contributed by atoms with E-state index in [1.54, 1.807) is 20.3 Å². The predicted octanol–water partition coefficient (Wildman–Crippen LogP) is 4.21. The van der Waals surface area contributed by atoms with E-state index in [9.17, 15) is 4.79 Å². The van der Waals surface area contributed by atoms with Crippen LogP contribution in [-0.2, 0) is 4.79 Å². The molecule has 1 aliphatic heterocycles. The van der Waals surface area contributed by atoms with Gasteiger partial charge in [-0.25, -0.2) is 4.99 Å². The van der Waals surface area contributed by atoms with E-state index in [0.717, 1.165) is 22.4 Å². The number of ether oxygens (including phenoxy) is 2. The number of hydrogen-bond acceptors (Lipinski definition) is 5. The number of aryl methyl sites for hydroxylation is 2. The van der Waals surface area contributed by atoms with Gasteiger partial charge in [0, 0.05) is 5.56 Å². The van der Waals surface area contributed by atoms with E-state index in [-0.39, 0.29) is 5.91 Å². The maximum Gasteiger partial charge on any atom is 0.264 e. The molecule has 1 amide bonds. The van der Waals surface area contributed by atoms with Gasteiger partial charge in [-0.1, -0.05) is 12.1 Å². The van der Waals surface area contributed by atoms with Gasteiger partial charge in [-0.05, 0) is 67.1 Å². The molecule has 5 nitrogen and oxygen atoms in total. The predicted molar refractivity (Wildman–Crippen MR) is 106 cm³/mol. The van der Waals surface area contributed by atoms with Crippen molar-refractivity contribution in [1.82, 2.24) is 5.32 Å². The summed E-state index contributed by atoms with van der Waals surface area (Å²) >= 11 is 1.31. The van der Waals surface area contributed by atoms with Crippen LogP contribution >= 0.6 is 11.8 Å². The molecule has 0 spiro atoms. The van der Waals surface area contributed by atoms with Crippen molar-refractivity contribution in [1.29, 1.82) is 0 Å². The van der Waals surface area contributed by atoms with Crippen LogP contribution in [0.25, 0.3) is 6.08 Å². The number of carbonyl (C=O) groups excluding carboxylic acids is 1. The summed E-state index contributed by atoms with van der Waals surface area (Å²) in [5, 5.41) is 3.39. The van der Waals surface area contributed by atoms with E-state index in [0.29, 0.717) is 21.6 Å². The van der Waals surface area contributed by atoms with Crippen LogP contribution in [0.3, 0.4) is 0 Å². The fourth-order valence-electron chi connectivity index (χ4n) is 2.52. The molecular formula is C20H20N2O3S. The lowest BCUT2D eigenvalue weighted by molar-refractivity contribution is -0.115. The molecular weight excluding hydrogens is 348 g/mol. The van der Waals surface area contributed by atoms with E-state index in [4.69, 9.17) is 9.47 Å². The average molecular weight is 368 g/mol. The minimum Gasteiger partial charge on any atom is -0.497 e. The first-order valence-corrected chi connectivity index (χ1v) is 8.90. The summed E-state index contributed by atoms with van der Waals surface area (Å²) < 4.78 is 10.6. The third kappa shape index (κ3) is 3.91.